The zero-order valence-electron chi connectivity index (χ0n) is 18.6. The second-order valence-corrected chi connectivity index (χ2v) is 9.15. The first-order valence-electron chi connectivity index (χ1n) is 10.8. The minimum atomic E-state index is -0.595. The lowest BCUT2D eigenvalue weighted by molar-refractivity contribution is 0.102. The molecule has 170 valence electrons. The van der Waals surface area contributed by atoms with Crippen LogP contribution in [0.1, 0.15) is 10.4 Å². The standard InChI is InChI=1S/C23H24FN7O2/c1-29-7-13-4-17(19(33-3)6-16(13)27-29)26-22(32)20-15(24)5-18(14-8-30(2)28-21(14)20)31-11-23(12-31)9-25-10-23/h4-8,25H,9-12H2,1-3H3,(H,26,32). The van der Waals surface area contributed by atoms with Crippen molar-refractivity contribution in [2.24, 2.45) is 19.5 Å². The highest BCUT2D eigenvalue weighted by atomic mass is 19.1. The molecule has 2 aliphatic heterocycles. The molecule has 0 atom stereocenters. The maximum atomic E-state index is 15.4. The second-order valence-electron chi connectivity index (χ2n) is 9.15. The number of aryl methyl sites for hydroxylation is 2. The van der Waals surface area contributed by atoms with Crippen LogP contribution in [-0.4, -0.2) is 58.8 Å². The number of fused-ring (bicyclic) bond motifs is 2. The largest absolute Gasteiger partial charge is 0.494 e. The number of nitrogens with zero attached hydrogens (tertiary/aromatic N) is 5. The van der Waals surface area contributed by atoms with Gasteiger partial charge in [-0.1, -0.05) is 0 Å². The van der Waals surface area contributed by atoms with Gasteiger partial charge in [0.25, 0.3) is 5.91 Å². The Bertz CT molecular complexity index is 1430. The first-order chi connectivity index (χ1) is 15.9. The van der Waals surface area contributed by atoms with Crippen molar-refractivity contribution < 1.29 is 13.9 Å². The van der Waals surface area contributed by atoms with Crippen molar-refractivity contribution in [1.29, 1.82) is 0 Å². The van der Waals surface area contributed by atoms with Gasteiger partial charge in [-0.2, -0.15) is 10.2 Å². The fraction of sp³-hybridized carbons (Fsp3) is 0.348. The van der Waals surface area contributed by atoms with Crippen LogP contribution < -0.4 is 20.3 Å². The molecule has 2 saturated heterocycles. The van der Waals surface area contributed by atoms with E-state index < -0.39 is 11.7 Å². The summed E-state index contributed by atoms with van der Waals surface area (Å²) in [5, 5.41) is 16.5. The van der Waals surface area contributed by atoms with Gasteiger partial charge < -0.3 is 20.3 Å². The summed E-state index contributed by atoms with van der Waals surface area (Å²) in [5.74, 6) is -0.723. The summed E-state index contributed by atoms with van der Waals surface area (Å²) in [6.07, 6.45) is 3.68. The molecule has 9 nitrogen and oxygen atoms in total. The summed E-state index contributed by atoms with van der Waals surface area (Å²) in [7, 11) is 5.11. The first kappa shape index (κ1) is 20.0. The SMILES string of the molecule is COc1cc2nn(C)cc2cc1NC(=O)c1c(F)cc(N2CC3(CNC3)C2)c2cn(C)nc12. The molecule has 2 fully saturated rings. The summed E-state index contributed by atoms with van der Waals surface area (Å²) in [5.41, 5.74) is 2.52. The molecular weight excluding hydrogens is 425 g/mol. The van der Waals surface area contributed by atoms with Gasteiger partial charge in [-0.05, 0) is 12.1 Å². The molecule has 1 spiro atoms. The number of aromatic nitrogens is 4. The average molecular weight is 449 g/mol. The number of halogens is 1. The van der Waals surface area contributed by atoms with Crippen molar-refractivity contribution in [2.75, 3.05) is 43.5 Å². The van der Waals surface area contributed by atoms with Crippen LogP contribution in [-0.2, 0) is 14.1 Å². The number of carbonyl (C=O) groups excluding carboxylic acids is 1. The average Bonchev–Trinajstić information content (AvgIpc) is 3.25. The molecular formula is C23H24FN7O2. The summed E-state index contributed by atoms with van der Waals surface area (Å²) in [4.78, 5) is 15.5. The van der Waals surface area contributed by atoms with Crippen molar-refractivity contribution in [3.63, 3.8) is 0 Å². The van der Waals surface area contributed by atoms with Crippen molar-refractivity contribution in [3.8, 4) is 5.75 Å². The quantitative estimate of drug-likeness (QED) is 0.497. The molecule has 0 unspecified atom stereocenters. The van der Waals surface area contributed by atoms with E-state index in [1.54, 1.807) is 28.5 Å². The molecule has 2 aromatic carbocycles. The Morgan fingerprint density at radius 3 is 2.61 bits per heavy atom. The highest BCUT2D eigenvalue weighted by molar-refractivity contribution is 6.15. The van der Waals surface area contributed by atoms with Gasteiger partial charge in [0, 0.05) is 74.9 Å². The molecule has 1 amide bonds. The normalized spacial score (nSPS) is 16.8. The first-order valence-corrected chi connectivity index (χ1v) is 10.8. The second kappa shape index (κ2) is 6.92. The Morgan fingerprint density at radius 1 is 1.15 bits per heavy atom. The van der Waals surface area contributed by atoms with Gasteiger partial charge in [-0.3, -0.25) is 14.2 Å². The Kier molecular flexibility index (Phi) is 4.19. The highest BCUT2D eigenvalue weighted by Gasteiger charge is 2.48. The van der Waals surface area contributed by atoms with Crippen LogP contribution >= 0.6 is 0 Å². The zero-order valence-corrected chi connectivity index (χ0v) is 18.6. The smallest absolute Gasteiger partial charge is 0.261 e. The van der Waals surface area contributed by atoms with E-state index in [-0.39, 0.29) is 5.56 Å². The number of rotatable bonds is 4. The molecule has 6 rings (SSSR count). The minimum Gasteiger partial charge on any atom is -0.494 e. The summed E-state index contributed by atoms with van der Waals surface area (Å²) in [6.45, 7) is 3.73. The third kappa shape index (κ3) is 3.05. The number of nitrogens with one attached hydrogen (secondary N) is 2. The molecule has 10 heteroatoms. The molecule has 2 N–H and O–H groups in total. The molecule has 0 bridgehead atoms. The van der Waals surface area contributed by atoms with E-state index in [2.05, 4.69) is 25.7 Å². The van der Waals surface area contributed by atoms with Gasteiger partial charge in [0.15, 0.2) is 0 Å². The van der Waals surface area contributed by atoms with E-state index in [0.29, 0.717) is 22.4 Å². The Morgan fingerprint density at radius 2 is 1.91 bits per heavy atom. The van der Waals surface area contributed by atoms with Crippen molar-refractivity contribution in [3.05, 3.63) is 42.0 Å². The number of methoxy groups -OCH3 is 1. The molecule has 4 aromatic rings. The lowest BCUT2D eigenvalue weighted by Crippen LogP contribution is -2.71. The van der Waals surface area contributed by atoms with Gasteiger partial charge in [0.2, 0.25) is 0 Å². The van der Waals surface area contributed by atoms with Gasteiger partial charge in [-0.15, -0.1) is 0 Å². The van der Waals surface area contributed by atoms with E-state index >= 15 is 4.39 Å². The van der Waals surface area contributed by atoms with E-state index in [4.69, 9.17) is 4.74 Å². The fourth-order valence-electron chi connectivity index (χ4n) is 4.98. The number of benzene rings is 2. The molecule has 0 saturated carbocycles. The maximum Gasteiger partial charge on any atom is 0.261 e. The van der Waals surface area contributed by atoms with E-state index in [0.717, 1.165) is 48.2 Å². The lowest BCUT2D eigenvalue weighted by Gasteiger charge is -2.57. The fourth-order valence-corrected chi connectivity index (χ4v) is 4.98. The number of ether oxygens (including phenoxy) is 1. The number of anilines is 2. The molecule has 2 aliphatic rings. The monoisotopic (exact) mass is 449 g/mol. The van der Waals surface area contributed by atoms with Crippen molar-refractivity contribution >= 4 is 39.1 Å². The van der Waals surface area contributed by atoms with Crippen LogP contribution in [0.5, 0.6) is 5.75 Å². The van der Waals surface area contributed by atoms with Gasteiger partial charge in [-0.25, -0.2) is 4.39 Å². The summed E-state index contributed by atoms with van der Waals surface area (Å²) in [6, 6.07) is 4.97. The van der Waals surface area contributed by atoms with Gasteiger partial charge >= 0.3 is 0 Å². The number of hydrogen-bond donors (Lipinski definition) is 2. The van der Waals surface area contributed by atoms with Gasteiger partial charge in [0.1, 0.15) is 22.6 Å². The molecule has 2 aromatic heterocycles. The van der Waals surface area contributed by atoms with Crippen molar-refractivity contribution in [2.45, 2.75) is 0 Å². The summed E-state index contributed by atoms with van der Waals surface area (Å²) < 4.78 is 24.1. The molecule has 33 heavy (non-hydrogen) atoms. The number of carbonyl (C=O) groups is 1. The topological polar surface area (TPSA) is 89.2 Å². The van der Waals surface area contributed by atoms with Crippen LogP contribution in [0.15, 0.2) is 30.6 Å². The number of hydrogen-bond acceptors (Lipinski definition) is 6. The Balaban J connectivity index is 1.38. The van der Waals surface area contributed by atoms with Crippen LogP contribution in [0.3, 0.4) is 0 Å². The minimum absolute atomic E-state index is 0.0803. The van der Waals surface area contributed by atoms with Crippen LogP contribution in [0.2, 0.25) is 0 Å². The molecule has 4 heterocycles. The van der Waals surface area contributed by atoms with Crippen LogP contribution in [0.25, 0.3) is 21.8 Å². The number of amides is 1. The Labute approximate surface area is 189 Å². The Hall–Kier alpha value is -3.66. The van der Waals surface area contributed by atoms with E-state index in [1.165, 1.54) is 13.2 Å². The van der Waals surface area contributed by atoms with Gasteiger partial charge in [0.05, 0.1) is 24.0 Å². The van der Waals surface area contributed by atoms with E-state index in [1.807, 2.05) is 19.4 Å². The predicted molar refractivity (Wildman–Crippen MR) is 123 cm³/mol. The van der Waals surface area contributed by atoms with Crippen LogP contribution in [0, 0.1) is 11.2 Å². The molecule has 0 radical (unpaired) electrons. The zero-order chi connectivity index (χ0) is 22.9. The maximum absolute atomic E-state index is 15.4. The van der Waals surface area contributed by atoms with Crippen molar-refractivity contribution in [1.82, 2.24) is 24.9 Å². The third-order valence-corrected chi connectivity index (χ3v) is 6.65. The lowest BCUT2D eigenvalue weighted by atomic mass is 9.74. The predicted octanol–water partition coefficient (Wildman–Crippen LogP) is 2.27. The van der Waals surface area contributed by atoms with E-state index in [9.17, 15) is 4.79 Å². The van der Waals surface area contributed by atoms with Crippen LogP contribution in [0.4, 0.5) is 15.8 Å². The molecule has 0 aliphatic carbocycles. The summed E-state index contributed by atoms with van der Waals surface area (Å²) >= 11 is 0. The highest BCUT2D eigenvalue weighted by Crippen LogP contribution is 2.41. The third-order valence-electron chi connectivity index (χ3n) is 6.65.